The highest BCUT2D eigenvalue weighted by molar-refractivity contribution is 6.13. The summed E-state index contributed by atoms with van der Waals surface area (Å²) in [6.07, 6.45) is 5.69. The molecule has 1 aliphatic rings. The monoisotopic (exact) mass is 715 g/mol. The summed E-state index contributed by atoms with van der Waals surface area (Å²) >= 11 is 0. The van der Waals surface area contributed by atoms with Crippen LogP contribution in [0.5, 0.6) is 0 Å². The summed E-state index contributed by atoms with van der Waals surface area (Å²) in [4.78, 5) is 15.6. The molecule has 0 saturated heterocycles. The largest absolute Gasteiger partial charge is 0.208 e. The molecule has 0 N–H and O–H groups in total. The van der Waals surface area contributed by atoms with Crippen LogP contribution in [0.1, 0.15) is 29.0 Å². The minimum Gasteiger partial charge on any atom is -0.208 e. The molecule has 1 heterocycles. The Morgan fingerprint density at radius 1 is 0.375 bits per heavy atom. The number of fused-ring (bicyclic) bond motifs is 3. The first-order valence-corrected chi connectivity index (χ1v) is 19.2. The van der Waals surface area contributed by atoms with Gasteiger partial charge in [-0.2, -0.15) is 0 Å². The van der Waals surface area contributed by atoms with Crippen molar-refractivity contribution in [2.24, 2.45) is 0 Å². The van der Waals surface area contributed by atoms with E-state index in [2.05, 4.69) is 200 Å². The fraction of sp³-hybridized carbons (Fsp3) is 0.0377. The van der Waals surface area contributed by atoms with Crippen molar-refractivity contribution >= 4 is 32.7 Å². The van der Waals surface area contributed by atoms with E-state index in [1.54, 1.807) is 0 Å². The summed E-state index contributed by atoms with van der Waals surface area (Å²) in [5, 5.41) is 4.66. The first kappa shape index (κ1) is 33.3. The second-order valence-corrected chi connectivity index (χ2v) is 14.4. The number of rotatable bonds is 7. The van der Waals surface area contributed by atoms with E-state index >= 15 is 0 Å². The predicted octanol–water partition coefficient (Wildman–Crippen LogP) is 13.5. The van der Waals surface area contributed by atoms with Crippen LogP contribution in [0.3, 0.4) is 0 Å². The molecule has 1 atom stereocenters. The molecule has 1 aliphatic carbocycles. The van der Waals surface area contributed by atoms with Crippen LogP contribution < -0.4 is 0 Å². The molecule has 3 nitrogen and oxygen atoms in total. The smallest absolute Gasteiger partial charge is 0.164 e. The molecular formula is C53H37N3. The molecule has 1 aromatic heterocycles. The van der Waals surface area contributed by atoms with Crippen molar-refractivity contribution in [3.63, 3.8) is 0 Å². The molecule has 0 fully saturated rings. The lowest BCUT2D eigenvalue weighted by molar-refractivity contribution is 0.871. The lowest BCUT2D eigenvalue weighted by atomic mass is 9.81. The summed E-state index contributed by atoms with van der Waals surface area (Å²) in [6.45, 7) is 0. The van der Waals surface area contributed by atoms with Crippen LogP contribution in [0, 0.1) is 0 Å². The Hall–Kier alpha value is -7.23. The van der Waals surface area contributed by atoms with Crippen molar-refractivity contribution in [2.75, 3.05) is 0 Å². The van der Waals surface area contributed by atoms with Gasteiger partial charge in [-0.1, -0.05) is 200 Å². The van der Waals surface area contributed by atoms with Gasteiger partial charge >= 0.3 is 0 Å². The van der Waals surface area contributed by atoms with Gasteiger partial charge < -0.3 is 0 Å². The van der Waals surface area contributed by atoms with Gasteiger partial charge in [0, 0.05) is 22.6 Å². The highest BCUT2D eigenvalue weighted by atomic mass is 15.0. The molecular weight excluding hydrogens is 679 g/mol. The van der Waals surface area contributed by atoms with E-state index in [4.69, 9.17) is 15.0 Å². The van der Waals surface area contributed by atoms with Crippen molar-refractivity contribution in [2.45, 2.75) is 12.3 Å². The van der Waals surface area contributed by atoms with Gasteiger partial charge in [0.1, 0.15) is 0 Å². The molecule has 56 heavy (non-hydrogen) atoms. The number of hydrogen-bond acceptors (Lipinski definition) is 3. The Kier molecular flexibility index (Phi) is 8.66. The highest BCUT2D eigenvalue weighted by Crippen LogP contribution is 2.40. The molecule has 0 amide bonds. The fourth-order valence-electron chi connectivity index (χ4n) is 8.00. The normalized spacial score (nSPS) is 14.0. The molecule has 3 heteroatoms. The minimum absolute atomic E-state index is 0.282. The Balaban J connectivity index is 1.08. The number of benzene rings is 8. The third-order valence-electron chi connectivity index (χ3n) is 10.9. The predicted molar refractivity (Wildman–Crippen MR) is 233 cm³/mol. The van der Waals surface area contributed by atoms with E-state index in [1.807, 2.05) is 6.07 Å². The maximum Gasteiger partial charge on any atom is 0.164 e. The molecule has 264 valence electrons. The molecule has 0 aliphatic heterocycles. The van der Waals surface area contributed by atoms with Gasteiger partial charge in [-0.3, -0.25) is 0 Å². The molecule has 0 radical (unpaired) electrons. The second-order valence-electron chi connectivity index (χ2n) is 14.4. The van der Waals surface area contributed by atoms with Gasteiger partial charge in [0.25, 0.3) is 0 Å². The van der Waals surface area contributed by atoms with E-state index in [0.717, 1.165) is 39.4 Å². The van der Waals surface area contributed by atoms with Crippen molar-refractivity contribution in [1.29, 1.82) is 0 Å². The third kappa shape index (κ3) is 6.50. The molecule has 9 aromatic rings. The van der Waals surface area contributed by atoms with Crippen LogP contribution in [0.2, 0.25) is 0 Å². The van der Waals surface area contributed by atoms with E-state index in [0.29, 0.717) is 17.5 Å². The lowest BCUT2D eigenvalue weighted by Crippen LogP contribution is -2.04. The Morgan fingerprint density at radius 2 is 0.857 bits per heavy atom. The topological polar surface area (TPSA) is 38.7 Å². The van der Waals surface area contributed by atoms with Crippen molar-refractivity contribution in [3.8, 4) is 45.3 Å². The van der Waals surface area contributed by atoms with Crippen LogP contribution in [0.15, 0.2) is 206 Å². The van der Waals surface area contributed by atoms with E-state index in [1.165, 1.54) is 44.2 Å². The standard InChI is InChI=1S/C53H37N3/c1-4-14-36(15-5-1)39-24-28-41(29-25-39)51-54-52(56-53(55-51)50-35-43-20-10-11-21-47(43)48-22-12-13-23-49(48)50)42-30-26-40(27-31-42)46-33-44(37-16-6-2-7-17-37)32-45(34-46)38-18-8-3-9-19-38/h1-33,35,45H,34H2. The summed E-state index contributed by atoms with van der Waals surface area (Å²) in [7, 11) is 0. The van der Waals surface area contributed by atoms with Crippen molar-refractivity contribution < 1.29 is 0 Å². The van der Waals surface area contributed by atoms with Gasteiger partial charge in [0.15, 0.2) is 17.5 Å². The van der Waals surface area contributed by atoms with Gasteiger partial charge in [-0.25, -0.2) is 15.0 Å². The zero-order valence-electron chi connectivity index (χ0n) is 30.8. The van der Waals surface area contributed by atoms with Crippen molar-refractivity contribution in [1.82, 2.24) is 15.0 Å². The van der Waals surface area contributed by atoms with E-state index in [9.17, 15) is 0 Å². The van der Waals surface area contributed by atoms with Crippen LogP contribution in [-0.4, -0.2) is 15.0 Å². The summed E-state index contributed by atoms with van der Waals surface area (Å²) < 4.78 is 0. The maximum atomic E-state index is 5.22. The van der Waals surface area contributed by atoms with Crippen LogP contribution in [0.4, 0.5) is 0 Å². The van der Waals surface area contributed by atoms with Gasteiger partial charge in [0.05, 0.1) is 0 Å². The molecule has 10 rings (SSSR count). The number of aromatic nitrogens is 3. The van der Waals surface area contributed by atoms with Gasteiger partial charge in [0.2, 0.25) is 0 Å². The summed E-state index contributed by atoms with van der Waals surface area (Å²) in [5.41, 5.74) is 11.5. The van der Waals surface area contributed by atoms with Crippen LogP contribution in [-0.2, 0) is 0 Å². The number of allylic oxidation sites excluding steroid dienone is 4. The minimum atomic E-state index is 0.282. The molecule has 0 bridgehead atoms. The average Bonchev–Trinajstić information content (AvgIpc) is 3.29. The number of nitrogens with zero attached hydrogens (tertiary/aromatic N) is 3. The molecule has 0 saturated carbocycles. The molecule has 1 unspecified atom stereocenters. The Bertz CT molecular complexity index is 2900. The van der Waals surface area contributed by atoms with Gasteiger partial charge in [-0.15, -0.1) is 0 Å². The first-order chi connectivity index (χ1) is 27.7. The zero-order chi connectivity index (χ0) is 37.3. The molecule has 8 aromatic carbocycles. The lowest BCUT2D eigenvalue weighted by Gasteiger charge is -2.23. The van der Waals surface area contributed by atoms with E-state index < -0.39 is 0 Å². The second kappa shape index (κ2) is 14.5. The maximum absolute atomic E-state index is 5.22. The summed E-state index contributed by atoms with van der Waals surface area (Å²) in [5.74, 6) is 2.22. The van der Waals surface area contributed by atoms with Crippen molar-refractivity contribution in [3.05, 3.63) is 223 Å². The highest BCUT2D eigenvalue weighted by Gasteiger charge is 2.20. The van der Waals surface area contributed by atoms with Crippen LogP contribution in [0.25, 0.3) is 78.0 Å². The van der Waals surface area contributed by atoms with E-state index in [-0.39, 0.29) is 5.92 Å². The molecule has 0 spiro atoms. The van der Waals surface area contributed by atoms with Gasteiger partial charge in [-0.05, 0) is 73.0 Å². The Morgan fingerprint density at radius 3 is 1.52 bits per heavy atom. The summed E-state index contributed by atoms with van der Waals surface area (Å²) in [6, 6.07) is 68.5. The zero-order valence-corrected chi connectivity index (χ0v) is 30.8. The first-order valence-electron chi connectivity index (χ1n) is 19.2. The average molecular weight is 716 g/mol. The SMILES string of the molecule is C1=C(c2ccccc2)C=C(c2ccc(-c3nc(-c4ccc(-c5ccccc5)cc4)nc(-c4cc5ccccc5c5ccccc45)n3)cc2)CC1c1ccccc1. The van der Waals surface area contributed by atoms with Crippen LogP contribution >= 0.6 is 0 Å². The Labute approximate surface area is 327 Å². The number of hydrogen-bond donors (Lipinski definition) is 0. The fourth-order valence-corrected chi connectivity index (χ4v) is 8.00. The quantitative estimate of drug-likeness (QED) is 0.154. The third-order valence-corrected chi connectivity index (χ3v) is 10.9.